The lowest BCUT2D eigenvalue weighted by Gasteiger charge is -2.24. The standard InChI is InChI=1S/C14H19N3O3.ClH/c1-10-6-11(8-13(7-10)17(19)20)14(18)16-5-3-4-12(16)9-15-2;/h6-8,12,15H,3-5,9H2,1-2H3;1H. The Kier molecular flexibility index (Phi) is 6.11. The zero-order valence-corrected chi connectivity index (χ0v) is 13.0. The van der Waals surface area contributed by atoms with Crippen molar-refractivity contribution < 1.29 is 9.72 Å². The fourth-order valence-electron chi connectivity index (χ4n) is 2.71. The zero-order chi connectivity index (χ0) is 14.7. The van der Waals surface area contributed by atoms with Gasteiger partial charge in [-0.2, -0.15) is 0 Å². The van der Waals surface area contributed by atoms with Crippen LogP contribution in [0.15, 0.2) is 18.2 Å². The highest BCUT2D eigenvalue weighted by Crippen LogP contribution is 2.23. The number of nitrogens with one attached hydrogen (secondary N) is 1. The predicted octanol–water partition coefficient (Wildman–Crippen LogP) is 2.15. The number of benzene rings is 1. The van der Waals surface area contributed by atoms with Crippen LogP contribution in [-0.4, -0.2) is 41.9 Å². The van der Waals surface area contributed by atoms with Crippen molar-refractivity contribution >= 4 is 24.0 Å². The number of nitro groups is 1. The maximum absolute atomic E-state index is 12.5. The van der Waals surface area contributed by atoms with Gasteiger partial charge in [-0.25, -0.2) is 0 Å². The van der Waals surface area contributed by atoms with Crippen molar-refractivity contribution in [2.24, 2.45) is 0 Å². The first-order valence-corrected chi connectivity index (χ1v) is 6.74. The summed E-state index contributed by atoms with van der Waals surface area (Å²) >= 11 is 0. The molecule has 0 saturated carbocycles. The Bertz CT molecular complexity index is 536. The van der Waals surface area contributed by atoms with Gasteiger partial charge in [-0.05, 0) is 38.4 Å². The zero-order valence-electron chi connectivity index (χ0n) is 12.2. The van der Waals surface area contributed by atoms with Crippen molar-refractivity contribution in [2.45, 2.75) is 25.8 Å². The number of rotatable bonds is 4. The number of carbonyl (C=O) groups excluding carboxylic acids is 1. The highest BCUT2D eigenvalue weighted by Gasteiger charge is 2.29. The van der Waals surface area contributed by atoms with Gasteiger partial charge < -0.3 is 10.2 Å². The number of amides is 1. The molecule has 1 atom stereocenters. The monoisotopic (exact) mass is 313 g/mol. The van der Waals surface area contributed by atoms with Crippen LogP contribution in [0.25, 0.3) is 0 Å². The van der Waals surface area contributed by atoms with Crippen LogP contribution in [0.4, 0.5) is 5.69 Å². The van der Waals surface area contributed by atoms with E-state index in [4.69, 9.17) is 0 Å². The van der Waals surface area contributed by atoms with E-state index in [1.165, 1.54) is 12.1 Å². The minimum absolute atomic E-state index is 0. The first-order chi connectivity index (χ1) is 9.52. The van der Waals surface area contributed by atoms with Crippen molar-refractivity contribution in [3.8, 4) is 0 Å². The molecule has 1 aliphatic heterocycles. The lowest BCUT2D eigenvalue weighted by molar-refractivity contribution is -0.384. The Balaban J connectivity index is 0.00000220. The summed E-state index contributed by atoms with van der Waals surface area (Å²) in [5.41, 5.74) is 1.10. The predicted molar refractivity (Wildman–Crippen MR) is 83.1 cm³/mol. The maximum atomic E-state index is 12.5. The number of halogens is 1. The minimum atomic E-state index is -0.459. The van der Waals surface area contributed by atoms with E-state index >= 15 is 0 Å². The van der Waals surface area contributed by atoms with Gasteiger partial charge >= 0.3 is 0 Å². The van der Waals surface area contributed by atoms with Crippen LogP contribution >= 0.6 is 12.4 Å². The normalized spacial score (nSPS) is 17.4. The summed E-state index contributed by atoms with van der Waals surface area (Å²) < 4.78 is 0. The van der Waals surface area contributed by atoms with Gasteiger partial charge in [0.05, 0.1) is 4.92 Å². The molecule has 0 spiro atoms. The van der Waals surface area contributed by atoms with Gasteiger partial charge in [-0.15, -0.1) is 12.4 Å². The summed E-state index contributed by atoms with van der Waals surface area (Å²) in [7, 11) is 1.86. The Morgan fingerprint density at radius 2 is 2.19 bits per heavy atom. The SMILES string of the molecule is CNCC1CCCN1C(=O)c1cc(C)cc([N+](=O)[O-])c1.Cl. The second kappa shape index (κ2) is 7.38. The molecule has 1 heterocycles. The van der Waals surface area contributed by atoms with Crippen LogP contribution in [0.1, 0.15) is 28.8 Å². The summed E-state index contributed by atoms with van der Waals surface area (Å²) in [6, 6.07) is 4.73. The number of nitrogens with zero attached hydrogens (tertiary/aromatic N) is 2. The average molecular weight is 314 g/mol. The molecule has 21 heavy (non-hydrogen) atoms. The van der Waals surface area contributed by atoms with Gasteiger partial charge in [0, 0.05) is 36.8 Å². The van der Waals surface area contributed by atoms with Crippen LogP contribution in [0, 0.1) is 17.0 Å². The Morgan fingerprint density at radius 1 is 1.48 bits per heavy atom. The molecule has 7 heteroatoms. The molecule has 1 unspecified atom stereocenters. The van der Waals surface area contributed by atoms with Gasteiger partial charge in [0.15, 0.2) is 0 Å². The van der Waals surface area contributed by atoms with E-state index in [2.05, 4.69) is 5.32 Å². The third-order valence-corrected chi connectivity index (χ3v) is 3.60. The Hall–Kier alpha value is -1.66. The van der Waals surface area contributed by atoms with Crippen LogP contribution in [-0.2, 0) is 0 Å². The highest BCUT2D eigenvalue weighted by atomic mass is 35.5. The topological polar surface area (TPSA) is 75.5 Å². The third kappa shape index (κ3) is 3.92. The van der Waals surface area contributed by atoms with E-state index in [0.29, 0.717) is 12.1 Å². The quantitative estimate of drug-likeness (QED) is 0.682. The third-order valence-electron chi connectivity index (χ3n) is 3.60. The molecule has 1 aromatic rings. The number of hydrogen-bond acceptors (Lipinski definition) is 4. The van der Waals surface area contributed by atoms with E-state index in [1.807, 2.05) is 11.9 Å². The van der Waals surface area contributed by atoms with Crippen molar-refractivity contribution in [1.82, 2.24) is 10.2 Å². The summed E-state index contributed by atoms with van der Waals surface area (Å²) in [6.07, 6.45) is 1.95. The minimum Gasteiger partial charge on any atom is -0.334 e. The molecule has 2 rings (SSSR count). The molecule has 116 valence electrons. The summed E-state index contributed by atoms with van der Waals surface area (Å²) in [6.45, 7) is 3.23. The second-order valence-electron chi connectivity index (χ2n) is 5.17. The Morgan fingerprint density at radius 3 is 2.81 bits per heavy atom. The average Bonchev–Trinajstić information content (AvgIpc) is 2.85. The van der Waals surface area contributed by atoms with E-state index in [9.17, 15) is 14.9 Å². The van der Waals surface area contributed by atoms with E-state index < -0.39 is 4.92 Å². The van der Waals surface area contributed by atoms with Crippen LogP contribution in [0.5, 0.6) is 0 Å². The summed E-state index contributed by atoms with van der Waals surface area (Å²) in [4.78, 5) is 24.8. The lowest BCUT2D eigenvalue weighted by atomic mass is 10.1. The molecule has 1 fully saturated rings. The number of non-ortho nitro benzene ring substituents is 1. The number of likely N-dealkylation sites (N-methyl/N-ethyl adjacent to an activating group) is 1. The van der Waals surface area contributed by atoms with Crippen LogP contribution in [0.2, 0.25) is 0 Å². The molecule has 0 bridgehead atoms. The number of nitro benzene ring substituents is 1. The largest absolute Gasteiger partial charge is 0.334 e. The van der Waals surface area contributed by atoms with Crippen LogP contribution in [0.3, 0.4) is 0 Å². The van der Waals surface area contributed by atoms with Crippen molar-refractivity contribution in [2.75, 3.05) is 20.1 Å². The number of likely N-dealkylation sites (tertiary alicyclic amines) is 1. The second-order valence-corrected chi connectivity index (χ2v) is 5.17. The van der Waals surface area contributed by atoms with Gasteiger partial charge in [-0.3, -0.25) is 14.9 Å². The summed E-state index contributed by atoms with van der Waals surface area (Å²) in [5, 5.41) is 14.0. The van der Waals surface area contributed by atoms with Crippen molar-refractivity contribution in [1.29, 1.82) is 0 Å². The number of hydrogen-bond donors (Lipinski definition) is 1. The van der Waals surface area contributed by atoms with E-state index in [-0.39, 0.29) is 30.0 Å². The molecule has 1 saturated heterocycles. The first-order valence-electron chi connectivity index (χ1n) is 6.74. The molecular weight excluding hydrogens is 294 g/mol. The molecule has 1 N–H and O–H groups in total. The fourth-order valence-corrected chi connectivity index (χ4v) is 2.71. The lowest BCUT2D eigenvalue weighted by Crippen LogP contribution is -2.40. The van der Waals surface area contributed by atoms with Gasteiger partial charge in [-0.1, -0.05) is 0 Å². The molecule has 0 radical (unpaired) electrons. The van der Waals surface area contributed by atoms with E-state index in [0.717, 1.165) is 24.9 Å². The number of carbonyl (C=O) groups is 1. The van der Waals surface area contributed by atoms with Gasteiger partial charge in [0.2, 0.25) is 0 Å². The number of aryl methyl sites for hydroxylation is 1. The van der Waals surface area contributed by atoms with Crippen molar-refractivity contribution in [3.05, 3.63) is 39.4 Å². The van der Waals surface area contributed by atoms with Crippen LogP contribution < -0.4 is 5.32 Å². The molecule has 0 aliphatic carbocycles. The smallest absolute Gasteiger partial charge is 0.270 e. The molecule has 6 nitrogen and oxygen atoms in total. The fraction of sp³-hybridized carbons (Fsp3) is 0.500. The first kappa shape index (κ1) is 17.4. The molecule has 0 aromatic heterocycles. The van der Waals surface area contributed by atoms with Crippen molar-refractivity contribution in [3.63, 3.8) is 0 Å². The molecule has 1 aromatic carbocycles. The highest BCUT2D eigenvalue weighted by molar-refractivity contribution is 5.95. The molecule has 1 amide bonds. The Labute approximate surface area is 130 Å². The molecule has 1 aliphatic rings. The molecular formula is C14H20ClN3O3. The van der Waals surface area contributed by atoms with Gasteiger partial charge in [0.25, 0.3) is 11.6 Å². The summed E-state index contributed by atoms with van der Waals surface area (Å²) in [5.74, 6) is -0.116. The van der Waals surface area contributed by atoms with E-state index in [1.54, 1.807) is 13.0 Å². The maximum Gasteiger partial charge on any atom is 0.270 e. The van der Waals surface area contributed by atoms with Gasteiger partial charge in [0.1, 0.15) is 0 Å².